The Kier molecular flexibility index (Phi) is 5.43. The molecule has 0 aromatic heterocycles. The third kappa shape index (κ3) is 4.06. The molecule has 2 aromatic carbocycles. The topological polar surface area (TPSA) is 58.5 Å². The van der Waals surface area contributed by atoms with Crippen LogP contribution >= 0.6 is 43.5 Å². The molecule has 0 radical (unpaired) electrons. The summed E-state index contributed by atoms with van der Waals surface area (Å²) in [5.41, 5.74) is 0.565. The lowest BCUT2D eigenvalue weighted by molar-refractivity contribution is 0.584. The van der Waals surface area contributed by atoms with Crippen LogP contribution in [0.5, 0.6) is 0 Å². The number of benzene rings is 2. The highest BCUT2D eigenvalue weighted by atomic mass is 79.9. The van der Waals surface area contributed by atoms with Crippen molar-refractivity contribution >= 4 is 58.7 Å². The van der Waals surface area contributed by atoms with Crippen molar-refractivity contribution in [2.24, 2.45) is 5.10 Å². The second kappa shape index (κ2) is 6.91. The molecular formula is C13H9Br2ClN2O2S. The molecule has 0 spiro atoms. The average molecular weight is 453 g/mol. The van der Waals surface area contributed by atoms with Crippen LogP contribution in [0.25, 0.3) is 0 Å². The van der Waals surface area contributed by atoms with Crippen molar-refractivity contribution in [3.63, 3.8) is 0 Å². The van der Waals surface area contributed by atoms with E-state index in [0.29, 0.717) is 14.5 Å². The molecule has 0 aliphatic heterocycles. The molecule has 8 heteroatoms. The minimum absolute atomic E-state index is 0.0221. The number of halogens is 3. The van der Waals surface area contributed by atoms with Crippen LogP contribution in [0.4, 0.5) is 0 Å². The number of hydrazone groups is 1. The number of nitrogens with zero attached hydrogens (tertiary/aromatic N) is 1. The summed E-state index contributed by atoms with van der Waals surface area (Å²) in [6.07, 6.45) is 0. The largest absolute Gasteiger partial charge is 0.276 e. The Labute approximate surface area is 144 Å². The van der Waals surface area contributed by atoms with Gasteiger partial charge in [-0.2, -0.15) is 18.4 Å². The molecule has 21 heavy (non-hydrogen) atoms. The van der Waals surface area contributed by atoms with Crippen LogP contribution in [0, 0.1) is 0 Å². The zero-order valence-electron chi connectivity index (χ0n) is 10.4. The van der Waals surface area contributed by atoms with Crippen molar-refractivity contribution in [2.45, 2.75) is 4.90 Å². The van der Waals surface area contributed by atoms with Crippen molar-refractivity contribution in [3.05, 3.63) is 63.0 Å². The molecule has 0 bridgehead atoms. The minimum atomic E-state index is -3.74. The molecule has 0 saturated carbocycles. The van der Waals surface area contributed by atoms with E-state index in [9.17, 15) is 8.42 Å². The summed E-state index contributed by atoms with van der Waals surface area (Å²) >= 11 is 12.8. The summed E-state index contributed by atoms with van der Waals surface area (Å²) in [6.45, 7) is 0. The van der Waals surface area contributed by atoms with Crippen LogP contribution in [0.2, 0.25) is 0 Å². The van der Waals surface area contributed by atoms with Crippen molar-refractivity contribution < 1.29 is 8.42 Å². The maximum Gasteiger partial charge on any atom is 0.276 e. The zero-order chi connectivity index (χ0) is 15.5. The molecule has 2 rings (SSSR count). The van der Waals surface area contributed by atoms with Gasteiger partial charge in [0.25, 0.3) is 10.0 Å². The van der Waals surface area contributed by atoms with Gasteiger partial charge in [0.1, 0.15) is 0 Å². The first-order valence-electron chi connectivity index (χ1n) is 5.66. The fourth-order valence-corrected chi connectivity index (χ4v) is 4.23. The lowest BCUT2D eigenvalue weighted by atomic mass is 10.2. The van der Waals surface area contributed by atoms with E-state index in [1.54, 1.807) is 30.3 Å². The number of nitrogens with one attached hydrogen (secondary N) is 1. The molecule has 1 N–H and O–H groups in total. The van der Waals surface area contributed by atoms with Crippen LogP contribution in [0.1, 0.15) is 5.56 Å². The molecule has 0 aliphatic rings. The Morgan fingerprint density at radius 2 is 1.57 bits per heavy atom. The number of hydrogen-bond acceptors (Lipinski definition) is 3. The number of hydrogen-bond donors (Lipinski definition) is 1. The Morgan fingerprint density at radius 1 is 1.00 bits per heavy atom. The third-order valence-corrected chi connectivity index (χ3v) is 5.31. The maximum absolute atomic E-state index is 12.0. The van der Waals surface area contributed by atoms with Gasteiger partial charge in [-0.3, -0.25) is 0 Å². The highest BCUT2D eigenvalue weighted by Crippen LogP contribution is 2.27. The average Bonchev–Trinajstić information content (AvgIpc) is 2.46. The standard InChI is InChI=1S/C13H9Br2ClN2O2S/c14-10-7-4-8-11(15)12(10)13(16)17-18-21(19,20)9-5-2-1-3-6-9/h1-8,18H/b17-13+. The molecule has 0 atom stereocenters. The summed E-state index contributed by atoms with van der Waals surface area (Å²) in [5.74, 6) is 0. The highest BCUT2D eigenvalue weighted by molar-refractivity contribution is 9.11. The van der Waals surface area contributed by atoms with Crippen LogP contribution in [-0.4, -0.2) is 13.6 Å². The Bertz CT molecular complexity index is 760. The number of sulfonamides is 1. The Balaban J connectivity index is 2.29. The SMILES string of the molecule is O=S(=O)(N/N=C(/Cl)c1c(Br)cccc1Br)c1ccccc1. The van der Waals surface area contributed by atoms with Gasteiger partial charge in [-0.25, -0.2) is 0 Å². The molecule has 0 aliphatic carbocycles. The monoisotopic (exact) mass is 450 g/mol. The third-order valence-electron chi connectivity index (χ3n) is 2.49. The number of rotatable bonds is 4. The van der Waals surface area contributed by atoms with E-state index in [4.69, 9.17) is 11.6 Å². The van der Waals surface area contributed by atoms with Crippen molar-refractivity contribution in [1.82, 2.24) is 4.83 Å². The highest BCUT2D eigenvalue weighted by Gasteiger charge is 2.14. The van der Waals surface area contributed by atoms with Crippen LogP contribution in [0.15, 0.2) is 67.5 Å². The van der Waals surface area contributed by atoms with Crippen LogP contribution in [-0.2, 0) is 10.0 Å². The maximum atomic E-state index is 12.0. The molecule has 0 fully saturated rings. The molecule has 4 nitrogen and oxygen atoms in total. The smallest absolute Gasteiger partial charge is 0.200 e. The van der Waals surface area contributed by atoms with Gasteiger partial charge in [-0.1, -0.05) is 67.7 Å². The van der Waals surface area contributed by atoms with Gasteiger partial charge in [0, 0.05) is 14.5 Å². The summed E-state index contributed by atoms with van der Waals surface area (Å²) in [7, 11) is -3.74. The zero-order valence-corrected chi connectivity index (χ0v) is 15.2. The van der Waals surface area contributed by atoms with Gasteiger partial charge >= 0.3 is 0 Å². The summed E-state index contributed by atoms with van der Waals surface area (Å²) in [4.78, 5) is 2.23. The first kappa shape index (κ1) is 16.5. The lowest BCUT2D eigenvalue weighted by Crippen LogP contribution is -2.19. The quantitative estimate of drug-likeness (QED) is 0.561. The van der Waals surface area contributed by atoms with Crippen molar-refractivity contribution in [2.75, 3.05) is 0 Å². The van der Waals surface area contributed by atoms with Gasteiger partial charge in [-0.05, 0) is 24.3 Å². The van der Waals surface area contributed by atoms with Crippen molar-refractivity contribution in [1.29, 1.82) is 0 Å². The molecule has 0 unspecified atom stereocenters. The van der Waals surface area contributed by atoms with E-state index in [-0.39, 0.29) is 10.1 Å². The Hall–Kier alpha value is -0.890. The minimum Gasteiger partial charge on any atom is -0.200 e. The van der Waals surface area contributed by atoms with E-state index >= 15 is 0 Å². The molecule has 110 valence electrons. The van der Waals surface area contributed by atoms with Crippen LogP contribution in [0.3, 0.4) is 0 Å². The first-order valence-corrected chi connectivity index (χ1v) is 9.11. The van der Waals surface area contributed by atoms with E-state index in [0.717, 1.165) is 0 Å². The van der Waals surface area contributed by atoms with Crippen LogP contribution < -0.4 is 4.83 Å². The predicted octanol–water partition coefficient (Wildman–Crippen LogP) is 4.09. The van der Waals surface area contributed by atoms with Gasteiger partial charge in [-0.15, -0.1) is 0 Å². The van der Waals surface area contributed by atoms with E-state index in [1.807, 2.05) is 6.07 Å². The molecule has 0 saturated heterocycles. The molecule has 2 aromatic rings. The Morgan fingerprint density at radius 3 is 2.14 bits per heavy atom. The fraction of sp³-hybridized carbons (Fsp3) is 0. The van der Waals surface area contributed by atoms with Gasteiger partial charge in [0.15, 0.2) is 5.17 Å². The fourth-order valence-electron chi connectivity index (χ4n) is 1.50. The molecular weight excluding hydrogens is 443 g/mol. The molecule has 0 amide bonds. The van der Waals surface area contributed by atoms with Crippen molar-refractivity contribution in [3.8, 4) is 0 Å². The van der Waals surface area contributed by atoms with Gasteiger partial charge < -0.3 is 0 Å². The second-order valence-electron chi connectivity index (χ2n) is 3.91. The summed E-state index contributed by atoms with van der Waals surface area (Å²) in [6, 6.07) is 13.3. The van der Waals surface area contributed by atoms with E-state index in [2.05, 4.69) is 41.8 Å². The van der Waals surface area contributed by atoms with E-state index < -0.39 is 10.0 Å². The lowest BCUT2D eigenvalue weighted by Gasteiger charge is -2.07. The normalized spacial score (nSPS) is 12.2. The van der Waals surface area contributed by atoms with Gasteiger partial charge in [0.05, 0.1) is 4.90 Å². The predicted molar refractivity (Wildman–Crippen MR) is 91.0 cm³/mol. The summed E-state index contributed by atoms with van der Waals surface area (Å²) < 4.78 is 25.5. The molecule has 0 heterocycles. The van der Waals surface area contributed by atoms with E-state index in [1.165, 1.54) is 12.1 Å². The summed E-state index contributed by atoms with van der Waals surface area (Å²) in [5, 5.41) is 3.77. The second-order valence-corrected chi connectivity index (χ2v) is 7.63. The van der Waals surface area contributed by atoms with Gasteiger partial charge in [0.2, 0.25) is 0 Å². The first-order chi connectivity index (χ1) is 9.92.